The van der Waals surface area contributed by atoms with Crippen LogP contribution in [0.5, 0.6) is 0 Å². The number of para-hydroxylation sites is 1. The molecule has 7 heteroatoms. The molecular formula is C27H27NO6. The summed E-state index contributed by atoms with van der Waals surface area (Å²) in [5.41, 5.74) is 1.00. The summed E-state index contributed by atoms with van der Waals surface area (Å²) in [5, 5.41) is 0. The normalized spacial score (nSPS) is 23.0. The summed E-state index contributed by atoms with van der Waals surface area (Å²) in [6.07, 6.45) is 2.09. The maximum Gasteiger partial charge on any atom is 0.334 e. The molecule has 4 rings (SSSR count). The van der Waals surface area contributed by atoms with Gasteiger partial charge in [-0.25, -0.2) is 9.69 Å². The molecule has 2 aromatic carbocycles. The summed E-state index contributed by atoms with van der Waals surface area (Å²) in [4.78, 5) is 53.3. The van der Waals surface area contributed by atoms with E-state index in [1.54, 1.807) is 25.1 Å². The van der Waals surface area contributed by atoms with E-state index in [-0.39, 0.29) is 19.4 Å². The highest BCUT2D eigenvalue weighted by Crippen LogP contribution is 2.61. The van der Waals surface area contributed by atoms with Crippen LogP contribution in [0.2, 0.25) is 0 Å². The molecule has 1 aliphatic heterocycles. The molecule has 1 aliphatic carbocycles. The summed E-state index contributed by atoms with van der Waals surface area (Å²) in [5.74, 6) is -2.95. The van der Waals surface area contributed by atoms with E-state index in [0.717, 1.165) is 5.56 Å². The van der Waals surface area contributed by atoms with Gasteiger partial charge in [0.05, 0.1) is 24.8 Å². The first-order valence-corrected chi connectivity index (χ1v) is 11.3. The van der Waals surface area contributed by atoms with E-state index in [0.29, 0.717) is 16.8 Å². The van der Waals surface area contributed by atoms with Crippen LogP contribution in [0, 0.1) is 5.92 Å². The molecule has 0 radical (unpaired) electrons. The second-order valence-corrected chi connectivity index (χ2v) is 8.45. The fourth-order valence-electron chi connectivity index (χ4n) is 5.46. The number of rotatable bonds is 6. The van der Waals surface area contributed by atoms with Crippen LogP contribution < -0.4 is 4.90 Å². The number of fused-ring (bicyclic) bond motifs is 2. The number of anilines is 1. The molecular weight excluding hydrogens is 434 g/mol. The van der Waals surface area contributed by atoms with Gasteiger partial charge in [0.15, 0.2) is 0 Å². The van der Waals surface area contributed by atoms with E-state index >= 15 is 0 Å². The Balaban J connectivity index is 1.99. The van der Waals surface area contributed by atoms with Crippen LogP contribution in [0.15, 0.2) is 66.2 Å². The predicted octanol–water partition coefficient (Wildman–Crippen LogP) is 3.67. The zero-order valence-corrected chi connectivity index (χ0v) is 19.4. The largest absolute Gasteiger partial charge is 0.469 e. The second-order valence-electron chi connectivity index (χ2n) is 8.45. The lowest BCUT2D eigenvalue weighted by Gasteiger charge is -2.37. The van der Waals surface area contributed by atoms with Crippen molar-refractivity contribution in [3.05, 3.63) is 77.4 Å². The van der Waals surface area contributed by atoms with Gasteiger partial charge in [-0.1, -0.05) is 54.6 Å². The Hall–Kier alpha value is -3.74. The van der Waals surface area contributed by atoms with Crippen LogP contribution in [0.3, 0.4) is 0 Å². The molecule has 2 aliphatic rings. The third-order valence-electron chi connectivity index (χ3n) is 6.73. The number of imide groups is 1. The smallest absolute Gasteiger partial charge is 0.334 e. The summed E-state index contributed by atoms with van der Waals surface area (Å²) in [6.45, 7) is 3.26. The van der Waals surface area contributed by atoms with Gasteiger partial charge >= 0.3 is 11.9 Å². The maximum absolute atomic E-state index is 14.3. The lowest BCUT2D eigenvalue weighted by molar-refractivity contribution is -0.142. The van der Waals surface area contributed by atoms with Gasteiger partial charge in [0.1, 0.15) is 0 Å². The first kappa shape index (κ1) is 23.4. The zero-order valence-electron chi connectivity index (χ0n) is 19.4. The molecule has 2 aromatic rings. The Morgan fingerprint density at radius 2 is 1.71 bits per heavy atom. The molecule has 176 valence electrons. The summed E-state index contributed by atoms with van der Waals surface area (Å²) in [7, 11) is 1.31. The Morgan fingerprint density at radius 1 is 1.03 bits per heavy atom. The molecule has 1 spiro atoms. The number of esters is 2. The van der Waals surface area contributed by atoms with Gasteiger partial charge in [0.25, 0.3) is 0 Å². The van der Waals surface area contributed by atoms with Gasteiger partial charge in [-0.3, -0.25) is 14.4 Å². The van der Waals surface area contributed by atoms with Gasteiger partial charge in [-0.05, 0) is 36.5 Å². The van der Waals surface area contributed by atoms with Gasteiger partial charge < -0.3 is 9.47 Å². The lowest BCUT2D eigenvalue weighted by Crippen LogP contribution is -2.49. The number of methoxy groups -OCH3 is 1. The summed E-state index contributed by atoms with van der Waals surface area (Å²) in [6, 6.07) is 16.5. The minimum Gasteiger partial charge on any atom is -0.469 e. The van der Waals surface area contributed by atoms with E-state index in [2.05, 4.69) is 0 Å². The SMILES string of the molecule is CCOC(=O)C1=C[C@@H](CCC(=O)OC)[C@]2(C(=O)N(C(C)=O)c3ccccc32)[C@H]1c1ccccc1. The third-order valence-corrected chi connectivity index (χ3v) is 6.73. The van der Waals surface area contributed by atoms with E-state index in [4.69, 9.17) is 9.47 Å². The van der Waals surface area contributed by atoms with Crippen LogP contribution in [-0.4, -0.2) is 37.5 Å². The van der Waals surface area contributed by atoms with E-state index in [9.17, 15) is 19.2 Å². The zero-order chi connectivity index (χ0) is 24.5. The first-order chi connectivity index (χ1) is 16.4. The Labute approximate surface area is 198 Å². The molecule has 0 saturated carbocycles. The Bertz CT molecular complexity index is 1170. The third kappa shape index (κ3) is 3.52. The average Bonchev–Trinajstić information content (AvgIpc) is 3.32. The highest BCUT2D eigenvalue weighted by molar-refractivity contribution is 6.24. The summed E-state index contributed by atoms with van der Waals surface area (Å²) >= 11 is 0. The average molecular weight is 462 g/mol. The second kappa shape index (κ2) is 9.25. The summed E-state index contributed by atoms with van der Waals surface area (Å²) < 4.78 is 10.2. The van der Waals surface area contributed by atoms with Crippen molar-refractivity contribution in [2.24, 2.45) is 5.92 Å². The first-order valence-electron chi connectivity index (χ1n) is 11.3. The number of nitrogens with zero attached hydrogens (tertiary/aromatic N) is 1. The number of amides is 2. The van der Waals surface area contributed by atoms with E-state index in [1.807, 2.05) is 42.5 Å². The van der Waals surface area contributed by atoms with Crippen molar-refractivity contribution < 1.29 is 28.7 Å². The number of hydrogen-bond donors (Lipinski definition) is 0. The Morgan fingerprint density at radius 3 is 2.35 bits per heavy atom. The van der Waals surface area contributed by atoms with Gasteiger partial charge in [0, 0.05) is 24.8 Å². The quantitative estimate of drug-likeness (QED) is 0.610. The minimum atomic E-state index is -1.28. The van der Waals surface area contributed by atoms with Gasteiger partial charge in [-0.2, -0.15) is 0 Å². The van der Waals surface area contributed by atoms with Crippen molar-refractivity contribution in [1.29, 1.82) is 0 Å². The molecule has 0 bridgehead atoms. The number of carbonyl (C=O) groups is 4. The Kier molecular flexibility index (Phi) is 6.37. The number of benzene rings is 2. The van der Waals surface area contributed by atoms with Crippen molar-refractivity contribution in [1.82, 2.24) is 0 Å². The van der Waals surface area contributed by atoms with Crippen LogP contribution in [0.25, 0.3) is 0 Å². The molecule has 0 fully saturated rings. The number of carbonyl (C=O) groups excluding carboxylic acids is 4. The monoisotopic (exact) mass is 461 g/mol. The van der Waals surface area contributed by atoms with Crippen LogP contribution in [0.1, 0.15) is 43.7 Å². The van der Waals surface area contributed by atoms with E-state index in [1.165, 1.54) is 18.9 Å². The molecule has 0 saturated heterocycles. The molecule has 34 heavy (non-hydrogen) atoms. The standard InChI is InChI=1S/C27H27NO6/c1-4-34-25(31)20-16-19(14-15-23(30)33-3)27(24(20)18-10-6-5-7-11-18)21-12-8-9-13-22(21)28(17(2)29)26(27)32/h5-13,16,19,24H,4,14-15H2,1-3H3/t19-,24+,27-/m1/s1. The lowest BCUT2D eigenvalue weighted by atomic mass is 9.63. The van der Waals surface area contributed by atoms with Crippen molar-refractivity contribution in [2.45, 2.75) is 38.0 Å². The topological polar surface area (TPSA) is 90.0 Å². The molecule has 7 nitrogen and oxygen atoms in total. The fourth-order valence-corrected chi connectivity index (χ4v) is 5.46. The predicted molar refractivity (Wildman–Crippen MR) is 125 cm³/mol. The number of ether oxygens (including phenoxy) is 2. The molecule has 2 amide bonds. The minimum absolute atomic E-state index is 0.0621. The highest BCUT2D eigenvalue weighted by atomic mass is 16.5. The number of allylic oxidation sites excluding steroid dienone is 1. The van der Waals surface area contributed by atoms with Crippen LogP contribution in [0.4, 0.5) is 5.69 Å². The maximum atomic E-state index is 14.3. The molecule has 0 unspecified atom stereocenters. The molecule has 0 aromatic heterocycles. The fraction of sp³-hybridized carbons (Fsp3) is 0.333. The van der Waals surface area contributed by atoms with E-state index < -0.39 is 41.0 Å². The van der Waals surface area contributed by atoms with Crippen molar-refractivity contribution >= 4 is 29.4 Å². The van der Waals surface area contributed by atoms with Crippen molar-refractivity contribution in [3.63, 3.8) is 0 Å². The highest BCUT2D eigenvalue weighted by Gasteiger charge is 2.64. The van der Waals surface area contributed by atoms with Crippen LogP contribution in [-0.2, 0) is 34.1 Å². The molecule has 1 heterocycles. The van der Waals surface area contributed by atoms with Gasteiger partial charge in [-0.15, -0.1) is 0 Å². The molecule has 3 atom stereocenters. The van der Waals surface area contributed by atoms with Crippen molar-refractivity contribution in [3.8, 4) is 0 Å². The van der Waals surface area contributed by atoms with Crippen LogP contribution >= 0.6 is 0 Å². The number of hydrogen-bond acceptors (Lipinski definition) is 6. The van der Waals surface area contributed by atoms with Gasteiger partial charge in [0.2, 0.25) is 11.8 Å². The molecule has 0 N–H and O–H groups in total. The van der Waals surface area contributed by atoms with Crippen molar-refractivity contribution in [2.75, 3.05) is 18.6 Å².